The molecule has 2 N–H and O–H groups in total. The fraction of sp³-hybridized carbons (Fsp3) is 0.625. The number of methoxy groups -OCH3 is 1. The molecule has 0 amide bonds. The second-order valence-electron chi connectivity index (χ2n) is 5.96. The second kappa shape index (κ2) is 5.23. The molecule has 1 aromatic rings. The highest BCUT2D eigenvalue weighted by Gasteiger charge is 2.48. The van der Waals surface area contributed by atoms with Crippen molar-refractivity contribution in [2.75, 3.05) is 26.8 Å². The van der Waals surface area contributed by atoms with Gasteiger partial charge in [0, 0.05) is 26.7 Å². The number of rotatable bonds is 5. The lowest BCUT2D eigenvalue weighted by atomic mass is 9.88. The van der Waals surface area contributed by atoms with Crippen LogP contribution in [0.15, 0.2) is 24.3 Å². The van der Waals surface area contributed by atoms with Crippen LogP contribution in [0.3, 0.4) is 0 Å². The van der Waals surface area contributed by atoms with E-state index in [1.165, 1.54) is 24.0 Å². The van der Waals surface area contributed by atoms with Crippen LogP contribution in [0.4, 0.5) is 0 Å². The van der Waals surface area contributed by atoms with Crippen LogP contribution in [-0.2, 0) is 17.7 Å². The van der Waals surface area contributed by atoms with Crippen LogP contribution in [0, 0.1) is 5.92 Å². The summed E-state index contributed by atoms with van der Waals surface area (Å²) < 4.78 is 5.52. The summed E-state index contributed by atoms with van der Waals surface area (Å²) in [6.45, 7) is 3.59. The monoisotopic (exact) mass is 260 g/mol. The largest absolute Gasteiger partial charge is 0.383 e. The second-order valence-corrected chi connectivity index (χ2v) is 5.96. The molecule has 3 nitrogen and oxygen atoms in total. The molecule has 0 radical (unpaired) electrons. The highest BCUT2D eigenvalue weighted by molar-refractivity contribution is 5.30. The van der Waals surface area contributed by atoms with Gasteiger partial charge >= 0.3 is 0 Å². The Morgan fingerprint density at radius 1 is 1.32 bits per heavy atom. The van der Waals surface area contributed by atoms with Crippen LogP contribution in [0.5, 0.6) is 0 Å². The third-order valence-corrected chi connectivity index (χ3v) is 4.85. The van der Waals surface area contributed by atoms with Crippen molar-refractivity contribution in [3.63, 3.8) is 0 Å². The minimum atomic E-state index is 0.0578. The van der Waals surface area contributed by atoms with E-state index in [0.717, 1.165) is 32.0 Å². The Labute approximate surface area is 115 Å². The maximum Gasteiger partial charge on any atom is 0.0661 e. The van der Waals surface area contributed by atoms with Crippen molar-refractivity contribution in [3.8, 4) is 0 Å². The fourth-order valence-corrected chi connectivity index (χ4v) is 3.57. The maximum absolute atomic E-state index is 6.16. The third kappa shape index (κ3) is 2.31. The molecule has 0 aromatic heterocycles. The number of ether oxygens (including phenoxy) is 1. The summed E-state index contributed by atoms with van der Waals surface area (Å²) in [6.07, 6.45) is 3.74. The zero-order chi connectivity index (χ0) is 13.3. The normalized spacial score (nSPS) is 22.8. The first-order valence-corrected chi connectivity index (χ1v) is 7.31. The molecular weight excluding hydrogens is 236 g/mol. The topological polar surface area (TPSA) is 38.5 Å². The summed E-state index contributed by atoms with van der Waals surface area (Å²) in [5, 5.41) is 0. The summed E-state index contributed by atoms with van der Waals surface area (Å²) >= 11 is 0. The van der Waals surface area contributed by atoms with Crippen molar-refractivity contribution in [1.29, 1.82) is 0 Å². The van der Waals surface area contributed by atoms with Gasteiger partial charge < -0.3 is 10.5 Å². The summed E-state index contributed by atoms with van der Waals surface area (Å²) in [7, 11) is 1.80. The van der Waals surface area contributed by atoms with Gasteiger partial charge in [-0.05, 0) is 36.3 Å². The van der Waals surface area contributed by atoms with E-state index in [1.807, 2.05) is 0 Å². The molecule has 3 rings (SSSR count). The van der Waals surface area contributed by atoms with E-state index in [-0.39, 0.29) is 5.54 Å². The highest BCUT2D eigenvalue weighted by atomic mass is 16.5. The Kier molecular flexibility index (Phi) is 3.61. The van der Waals surface area contributed by atoms with Crippen LogP contribution >= 0.6 is 0 Å². The van der Waals surface area contributed by atoms with Crippen LogP contribution in [-0.4, -0.2) is 37.2 Å². The summed E-state index contributed by atoms with van der Waals surface area (Å²) in [5.74, 6) is 0.725. The molecule has 1 fully saturated rings. The molecule has 0 bridgehead atoms. The molecule has 1 aromatic carbocycles. The lowest BCUT2D eigenvalue weighted by molar-refractivity contribution is -0.00927. The number of benzene rings is 1. The van der Waals surface area contributed by atoms with Gasteiger partial charge in [-0.15, -0.1) is 0 Å². The van der Waals surface area contributed by atoms with Gasteiger partial charge in [0.2, 0.25) is 0 Å². The van der Waals surface area contributed by atoms with Gasteiger partial charge in [-0.3, -0.25) is 4.90 Å². The van der Waals surface area contributed by atoms with E-state index in [2.05, 4.69) is 29.2 Å². The molecule has 1 unspecified atom stereocenters. The standard InChI is InChI=1S/C16H24N2O/c1-19-12-16(11-17,15-6-7-15)18-9-8-13-4-2-3-5-14(13)10-18/h2-5,15H,6-12,17H2,1H3. The van der Waals surface area contributed by atoms with E-state index >= 15 is 0 Å². The number of nitrogens with zero attached hydrogens (tertiary/aromatic N) is 1. The first-order valence-electron chi connectivity index (χ1n) is 7.31. The van der Waals surface area contributed by atoms with E-state index in [4.69, 9.17) is 10.5 Å². The van der Waals surface area contributed by atoms with Gasteiger partial charge in [-0.1, -0.05) is 24.3 Å². The number of hydrogen-bond acceptors (Lipinski definition) is 3. The third-order valence-electron chi connectivity index (χ3n) is 4.85. The molecule has 1 aliphatic carbocycles. The maximum atomic E-state index is 6.16. The van der Waals surface area contributed by atoms with Gasteiger partial charge in [0.1, 0.15) is 0 Å². The summed E-state index contributed by atoms with van der Waals surface area (Å²) in [4.78, 5) is 2.58. The van der Waals surface area contributed by atoms with Gasteiger partial charge in [0.05, 0.1) is 12.1 Å². The Morgan fingerprint density at radius 2 is 2.05 bits per heavy atom. The lowest BCUT2D eigenvalue weighted by Gasteiger charge is -2.45. The first kappa shape index (κ1) is 13.1. The summed E-state index contributed by atoms with van der Waals surface area (Å²) in [5.41, 5.74) is 9.18. The number of fused-ring (bicyclic) bond motifs is 1. The van der Waals surface area contributed by atoms with Gasteiger partial charge in [-0.25, -0.2) is 0 Å². The van der Waals surface area contributed by atoms with E-state index < -0.39 is 0 Å². The number of hydrogen-bond donors (Lipinski definition) is 1. The van der Waals surface area contributed by atoms with E-state index in [9.17, 15) is 0 Å². The summed E-state index contributed by atoms with van der Waals surface area (Å²) in [6, 6.07) is 8.79. The van der Waals surface area contributed by atoms with Crippen molar-refractivity contribution < 1.29 is 4.74 Å². The SMILES string of the molecule is COCC(CN)(C1CC1)N1CCc2ccccc2C1. The van der Waals surface area contributed by atoms with Gasteiger partial charge in [0.25, 0.3) is 0 Å². The van der Waals surface area contributed by atoms with E-state index in [1.54, 1.807) is 7.11 Å². The Hall–Kier alpha value is -0.900. The van der Waals surface area contributed by atoms with Gasteiger partial charge in [0.15, 0.2) is 0 Å². The Balaban J connectivity index is 1.85. The molecule has 19 heavy (non-hydrogen) atoms. The van der Waals surface area contributed by atoms with Crippen molar-refractivity contribution >= 4 is 0 Å². The van der Waals surface area contributed by atoms with Crippen LogP contribution < -0.4 is 5.73 Å². The van der Waals surface area contributed by atoms with Crippen molar-refractivity contribution in [2.45, 2.75) is 31.3 Å². The minimum absolute atomic E-state index is 0.0578. The van der Waals surface area contributed by atoms with Crippen molar-refractivity contribution in [3.05, 3.63) is 35.4 Å². The molecule has 0 saturated heterocycles. The minimum Gasteiger partial charge on any atom is -0.383 e. The molecule has 1 saturated carbocycles. The fourth-order valence-electron chi connectivity index (χ4n) is 3.57. The van der Waals surface area contributed by atoms with Gasteiger partial charge in [-0.2, -0.15) is 0 Å². The Bertz CT molecular complexity index is 444. The average Bonchev–Trinajstić information content (AvgIpc) is 3.29. The first-order chi connectivity index (χ1) is 9.30. The van der Waals surface area contributed by atoms with Crippen LogP contribution in [0.25, 0.3) is 0 Å². The molecule has 0 spiro atoms. The van der Waals surface area contributed by atoms with Crippen LogP contribution in [0.2, 0.25) is 0 Å². The van der Waals surface area contributed by atoms with Crippen molar-refractivity contribution in [2.24, 2.45) is 11.7 Å². The van der Waals surface area contributed by atoms with E-state index in [0.29, 0.717) is 6.54 Å². The zero-order valence-electron chi connectivity index (χ0n) is 11.8. The molecular formula is C16H24N2O. The Morgan fingerprint density at radius 3 is 2.68 bits per heavy atom. The predicted octanol–water partition coefficient (Wildman–Crippen LogP) is 1.80. The number of nitrogens with two attached hydrogens (primary N) is 1. The molecule has 2 aliphatic rings. The molecule has 104 valence electrons. The molecule has 3 heteroatoms. The quantitative estimate of drug-likeness (QED) is 0.877. The molecule has 1 heterocycles. The zero-order valence-corrected chi connectivity index (χ0v) is 11.8. The van der Waals surface area contributed by atoms with Crippen molar-refractivity contribution in [1.82, 2.24) is 4.90 Å². The average molecular weight is 260 g/mol. The smallest absolute Gasteiger partial charge is 0.0661 e. The highest BCUT2D eigenvalue weighted by Crippen LogP contribution is 2.44. The molecule has 1 aliphatic heterocycles. The van der Waals surface area contributed by atoms with Crippen LogP contribution in [0.1, 0.15) is 24.0 Å². The molecule has 1 atom stereocenters. The lowest BCUT2D eigenvalue weighted by Crippen LogP contribution is -2.59. The predicted molar refractivity (Wildman–Crippen MR) is 76.9 cm³/mol.